The first-order valence-corrected chi connectivity index (χ1v) is 6.74. The maximum Gasteiger partial charge on any atom is 0.137 e. The number of halogens is 1. The van der Waals surface area contributed by atoms with E-state index in [2.05, 4.69) is 5.32 Å². The summed E-state index contributed by atoms with van der Waals surface area (Å²) in [6.07, 6.45) is 3.62. The van der Waals surface area contributed by atoms with Crippen molar-refractivity contribution >= 4 is 11.6 Å². The zero-order valence-electron chi connectivity index (χ0n) is 11.0. The summed E-state index contributed by atoms with van der Waals surface area (Å²) in [4.78, 5) is 0. The van der Waals surface area contributed by atoms with Gasteiger partial charge >= 0.3 is 0 Å². The van der Waals surface area contributed by atoms with Crippen LogP contribution in [-0.2, 0) is 0 Å². The second kappa shape index (κ2) is 5.47. The molecule has 1 atom stereocenters. The van der Waals surface area contributed by atoms with Gasteiger partial charge in [0.25, 0.3) is 0 Å². The van der Waals surface area contributed by atoms with Crippen LogP contribution in [0.2, 0.25) is 5.02 Å². The smallest absolute Gasteiger partial charge is 0.137 e. The van der Waals surface area contributed by atoms with Crippen molar-refractivity contribution in [3.8, 4) is 5.75 Å². The van der Waals surface area contributed by atoms with Crippen molar-refractivity contribution < 1.29 is 4.74 Å². The summed E-state index contributed by atoms with van der Waals surface area (Å²) < 4.78 is 5.17. The molecule has 1 fully saturated rings. The minimum absolute atomic E-state index is 0.0297. The van der Waals surface area contributed by atoms with Gasteiger partial charge in [-0.25, -0.2) is 0 Å². The minimum atomic E-state index is 0.0297. The van der Waals surface area contributed by atoms with Gasteiger partial charge in [0.15, 0.2) is 0 Å². The average Bonchev–Trinajstić information content (AvgIpc) is 2.33. The Balaban J connectivity index is 2.22. The minimum Gasteiger partial charge on any atom is -0.495 e. The van der Waals surface area contributed by atoms with Crippen molar-refractivity contribution in [2.24, 2.45) is 11.1 Å². The Bertz CT molecular complexity index is 418. The molecule has 1 saturated carbocycles. The number of hydrogen-bond donors (Lipinski definition) is 2. The summed E-state index contributed by atoms with van der Waals surface area (Å²) in [6, 6.07) is 5.87. The molecule has 0 aromatic heterocycles. The normalized spacial score (nSPS) is 19.1. The summed E-state index contributed by atoms with van der Waals surface area (Å²) in [5, 5.41) is 3.89. The van der Waals surface area contributed by atoms with E-state index in [1.165, 1.54) is 19.3 Å². The van der Waals surface area contributed by atoms with E-state index in [4.69, 9.17) is 22.1 Å². The van der Waals surface area contributed by atoms with Gasteiger partial charge in [0.1, 0.15) is 5.75 Å². The Morgan fingerprint density at radius 1 is 1.50 bits per heavy atom. The first-order valence-electron chi connectivity index (χ1n) is 6.36. The fourth-order valence-electron chi connectivity index (χ4n) is 2.81. The van der Waals surface area contributed by atoms with Crippen molar-refractivity contribution in [2.45, 2.75) is 25.3 Å². The van der Waals surface area contributed by atoms with Gasteiger partial charge in [0.2, 0.25) is 0 Å². The molecule has 1 aromatic rings. The average molecular weight is 269 g/mol. The van der Waals surface area contributed by atoms with Crippen LogP contribution in [0.25, 0.3) is 0 Å². The maximum absolute atomic E-state index is 6.44. The molecule has 1 aliphatic carbocycles. The highest BCUT2D eigenvalue weighted by molar-refractivity contribution is 6.32. The Morgan fingerprint density at radius 3 is 2.67 bits per heavy atom. The van der Waals surface area contributed by atoms with Crippen LogP contribution in [0.3, 0.4) is 0 Å². The fourth-order valence-corrected chi connectivity index (χ4v) is 3.08. The Hall–Kier alpha value is -0.770. The number of hydrogen-bond acceptors (Lipinski definition) is 3. The molecule has 0 heterocycles. The van der Waals surface area contributed by atoms with Crippen LogP contribution in [0.5, 0.6) is 5.75 Å². The highest BCUT2D eigenvalue weighted by Gasteiger charge is 2.42. The van der Waals surface area contributed by atoms with Crippen molar-refractivity contribution in [2.75, 3.05) is 20.7 Å². The molecule has 1 aliphatic rings. The van der Waals surface area contributed by atoms with Gasteiger partial charge in [0.05, 0.1) is 12.1 Å². The van der Waals surface area contributed by atoms with Crippen LogP contribution in [0.1, 0.15) is 30.9 Å². The summed E-state index contributed by atoms with van der Waals surface area (Å²) in [6.45, 7) is 0.956. The lowest BCUT2D eigenvalue weighted by Gasteiger charge is -2.46. The Kier molecular flexibility index (Phi) is 4.15. The molecular formula is C14H21ClN2O. The SMILES string of the molecule is CNCC1(C(N)c2ccc(OC)c(Cl)c2)CCC1. The van der Waals surface area contributed by atoms with Crippen molar-refractivity contribution in [1.29, 1.82) is 0 Å². The number of ether oxygens (including phenoxy) is 1. The number of nitrogens with two attached hydrogens (primary N) is 1. The first kappa shape index (κ1) is 13.7. The van der Waals surface area contributed by atoms with Crippen LogP contribution in [0.15, 0.2) is 18.2 Å². The molecule has 0 amide bonds. The van der Waals surface area contributed by atoms with Gasteiger partial charge < -0.3 is 15.8 Å². The summed E-state index contributed by atoms with van der Waals surface area (Å²) in [7, 11) is 3.60. The second-order valence-corrected chi connectivity index (χ2v) is 5.53. The van der Waals surface area contributed by atoms with Crippen LogP contribution < -0.4 is 15.8 Å². The van der Waals surface area contributed by atoms with E-state index in [9.17, 15) is 0 Å². The second-order valence-electron chi connectivity index (χ2n) is 5.12. The largest absolute Gasteiger partial charge is 0.495 e. The molecule has 0 aliphatic heterocycles. The van der Waals surface area contributed by atoms with E-state index < -0.39 is 0 Å². The van der Waals surface area contributed by atoms with Crippen LogP contribution in [-0.4, -0.2) is 20.7 Å². The third kappa shape index (κ3) is 2.35. The van der Waals surface area contributed by atoms with Crippen LogP contribution in [0, 0.1) is 5.41 Å². The highest BCUT2D eigenvalue weighted by atomic mass is 35.5. The number of benzene rings is 1. The highest BCUT2D eigenvalue weighted by Crippen LogP contribution is 2.49. The number of nitrogens with one attached hydrogen (secondary N) is 1. The van der Waals surface area contributed by atoms with Gasteiger partial charge in [-0.1, -0.05) is 24.1 Å². The molecule has 1 aromatic carbocycles. The maximum atomic E-state index is 6.44. The third-order valence-electron chi connectivity index (χ3n) is 4.07. The molecule has 2 rings (SSSR count). The molecule has 4 heteroatoms. The van der Waals surface area contributed by atoms with Crippen LogP contribution >= 0.6 is 11.6 Å². The lowest BCUT2D eigenvalue weighted by atomic mass is 9.62. The molecule has 3 N–H and O–H groups in total. The van der Waals surface area contributed by atoms with Gasteiger partial charge in [-0.05, 0) is 37.6 Å². The van der Waals surface area contributed by atoms with Gasteiger partial charge in [-0.3, -0.25) is 0 Å². The Morgan fingerprint density at radius 2 is 2.22 bits per heavy atom. The van der Waals surface area contributed by atoms with Gasteiger partial charge in [-0.15, -0.1) is 0 Å². The third-order valence-corrected chi connectivity index (χ3v) is 4.37. The van der Waals surface area contributed by atoms with Crippen molar-refractivity contribution in [1.82, 2.24) is 5.32 Å². The number of rotatable bonds is 5. The van der Waals surface area contributed by atoms with Gasteiger partial charge in [0, 0.05) is 18.0 Å². The van der Waals surface area contributed by atoms with Crippen molar-refractivity contribution in [3.05, 3.63) is 28.8 Å². The summed E-state index contributed by atoms with van der Waals surface area (Å²) >= 11 is 6.17. The summed E-state index contributed by atoms with van der Waals surface area (Å²) in [5.74, 6) is 0.698. The fraction of sp³-hybridized carbons (Fsp3) is 0.571. The van der Waals surface area contributed by atoms with E-state index in [1.54, 1.807) is 7.11 Å². The topological polar surface area (TPSA) is 47.3 Å². The molecule has 0 spiro atoms. The van der Waals surface area contributed by atoms with Gasteiger partial charge in [-0.2, -0.15) is 0 Å². The molecular weight excluding hydrogens is 248 g/mol. The molecule has 3 nitrogen and oxygen atoms in total. The van der Waals surface area contributed by atoms with E-state index in [-0.39, 0.29) is 11.5 Å². The van der Waals surface area contributed by atoms with Crippen LogP contribution in [0.4, 0.5) is 0 Å². The quantitative estimate of drug-likeness (QED) is 0.863. The lowest BCUT2D eigenvalue weighted by Crippen LogP contribution is -2.46. The predicted octanol–water partition coefficient (Wildman–Crippen LogP) is 2.74. The summed E-state index contributed by atoms with van der Waals surface area (Å²) in [5.41, 5.74) is 7.72. The Labute approximate surface area is 114 Å². The van der Waals surface area contributed by atoms with Crippen molar-refractivity contribution in [3.63, 3.8) is 0 Å². The van der Waals surface area contributed by atoms with E-state index in [1.807, 2.05) is 25.2 Å². The molecule has 18 heavy (non-hydrogen) atoms. The predicted molar refractivity (Wildman–Crippen MR) is 75.1 cm³/mol. The number of methoxy groups -OCH3 is 1. The standard InChI is InChI=1S/C14H21ClN2O/c1-17-9-14(6-3-7-14)13(16)10-4-5-12(18-2)11(15)8-10/h4-5,8,13,17H,3,6-7,9,16H2,1-2H3. The van der Waals surface area contributed by atoms with E-state index in [0.717, 1.165) is 12.1 Å². The van der Waals surface area contributed by atoms with E-state index >= 15 is 0 Å². The first-order chi connectivity index (χ1) is 8.63. The molecule has 0 bridgehead atoms. The molecule has 0 radical (unpaired) electrons. The monoisotopic (exact) mass is 268 g/mol. The molecule has 1 unspecified atom stereocenters. The lowest BCUT2D eigenvalue weighted by molar-refractivity contribution is 0.0947. The zero-order chi connectivity index (χ0) is 13.2. The molecule has 100 valence electrons. The molecule has 0 saturated heterocycles. The van der Waals surface area contributed by atoms with E-state index in [0.29, 0.717) is 10.8 Å². The zero-order valence-corrected chi connectivity index (χ0v) is 11.8.